The Morgan fingerprint density at radius 3 is 2.83 bits per heavy atom. The van der Waals surface area contributed by atoms with Gasteiger partial charge in [0.15, 0.2) is 18.0 Å². The number of fused-ring (bicyclic) bond motifs is 1. The summed E-state index contributed by atoms with van der Waals surface area (Å²) in [5.74, 6) is 0.453. The molecule has 2 heterocycles. The summed E-state index contributed by atoms with van der Waals surface area (Å²) in [5, 5.41) is 11.0. The van der Waals surface area contributed by atoms with Crippen molar-refractivity contribution < 1.29 is 13.9 Å². The van der Waals surface area contributed by atoms with Crippen LogP contribution in [0.3, 0.4) is 0 Å². The fourth-order valence-electron chi connectivity index (χ4n) is 2.51. The maximum atomic E-state index is 11.0. The topological polar surface area (TPSA) is 73.0 Å². The zero-order valence-electron chi connectivity index (χ0n) is 12.7. The Kier molecular flexibility index (Phi) is 4.12. The summed E-state index contributed by atoms with van der Waals surface area (Å²) < 4.78 is 8.82. The smallest absolute Gasteiger partial charge is 0.272 e. The number of non-ortho nitro benzene ring substituents is 1. The van der Waals surface area contributed by atoms with E-state index in [0.717, 1.165) is 23.0 Å². The van der Waals surface area contributed by atoms with Gasteiger partial charge in [-0.1, -0.05) is 6.92 Å². The Balaban J connectivity index is 2.14. The van der Waals surface area contributed by atoms with Crippen molar-refractivity contribution in [3.63, 3.8) is 0 Å². The Morgan fingerprint density at radius 1 is 1.35 bits per heavy atom. The third kappa shape index (κ3) is 3.10. The molecule has 0 fully saturated rings. The van der Waals surface area contributed by atoms with Gasteiger partial charge >= 0.3 is 0 Å². The molecule has 3 rings (SSSR count). The molecule has 0 aliphatic rings. The van der Waals surface area contributed by atoms with E-state index >= 15 is 0 Å². The zero-order valence-corrected chi connectivity index (χ0v) is 14.3. The van der Waals surface area contributed by atoms with E-state index in [1.165, 1.54) is 12.1 Å². The van der Waals surface area contributed by atoms with Gasteiger partial charge in [0.1, 0.15) is 17.6 Å². The van der Waals surface area contributed by atoms with E-state index in [1.807, 2.05) is 18.5 Å². The van der Waals surface area contributed by atoms with Gasteiger partial charge in [-0.2, -0.15) is 0 Å². The molecule has 0 bridgehead atoms. The molecule has 3 aromatic rings. The summed E-state index contributed by atoms with van der Waals surface area (Å²) in [6, 6.07) is 4.85. The van der Waals surface area contributed by atoms with Gasteiger partial charge in [-0.3, -0.25) is 10.1 Å². The summed E-state index contributed by atoms with van der Waals surface area (Å²) in [4.78, 5) is 15.0. The molecule has 0 radical (unpaired) electrons. The highest BCUT2D eigenvalue weighted by Gasteiger charge is 2.18. The highest BCUT2D eigenvalue weighted by Crippen LogP contribution is 2.30. The van der Waals surface area contributed by atoms with Crippen LogP contribution in [0.5, 0.6) is 0 Å². The number of hydrogen-bond acceptors (Lipinski definition) is 4. The molecule has 1 aromatic carbocycles. The van der Waals surface area contributed by atoms with Gasteiger partial charge in [0.05, 0.1) is 9.40 Å². The Morgan fingerprint density at radius 2 is 2.13 bits per heavy atom. The molecule has 0 spiro atoms. The number of aryl methyl sites for hydroxylation is 2. The highest BCUT2D eigenvalue weighted by molar-refractivity contribution is 9.10. The first-order valence-corrected chi connectivity index (χ1v) is 8.03. The number of aromatic nitrogens is 2. The van der Waals surface area contributed by atoms with Gasteiger partial charge in [-0.05, 0) is 28.9 Å². The molecule has 0 aliphatic carbocycles. The van der Waals surface area contributed by atoms with E-state index in [-0.39, 0.29) is 5.69 Å². The molecule has 0 saturated carbocycles. The number of oxazole rings is 1. The van der Waals surface area contributed by atoms with Crippen molar-refractivity contribution in [1.29, 1.82) is 0 Å². The normalized spacial score (nSPS) is 11.1. The maximum Gasteiger partial charge on any atom is 0.272 e. The van der Waals surface area contributed by atoms with Crippen LogP contribution in [-0.2, 0) is 6.54 Å². The van der Waals surface area contributed by atoms with Gasteiger partial charge < -0.3 is 4.42 Å². The molecule has 0 N–H and O–H groups in total. The van der Waals surface area contributed by atoms with Crippen LogP contribution in [0.15, 0.2) is 39.5 Å². The summed E-state index contributed by atoms with van der Waals surface area (Å²) in [6.07, 6.45) is 4.97. The molecule has 0 amide bonds. The highest BCUT2D eigenvalue weighted by atomic mass is 79.9. The second kappa shape index (κ2) is 6.08. The van der Waals surface area contributed by atoms with E-state index in [4.69, 9.17) is 4.42 Å². The fraction of sp³-hybridized carbons (Fsp3) is 0.250. The number of halogens is 1. The molecule has 0 unspecified atom stereocenters. The molecular formula is C16H15BrN3O3+. The number of benzene rings is 1. The number of pyridine rings is 1. The van der Waals surface area contributed by atoms with Crippen LogP contribution in [0.2, 0.25) is 0 Å². The lowest BCUT2D eigenvalue weighted by atomic mass is 10.2. The van der Waals surface area contributed by atoms with Gasteiger partial charge in [0.25, 0.3) is 5.69 Å². The molecule has 118 valence electrons. The third-order valence-corrected chi connectivity index (χ3v) is 3.92. The molecule has 7 heteroatoms. The molecule has 6 nitrogen and oxygen atoms in total. The first-order valence-electron chi connectivity index (χ1n) is 7.23. The predicted molar refractivity (Wildman–Crippen MR) is 89.0 cm³/mol. The zero-order chi connectivity index (χ0) is 16.6. The minimum Gasteiger partial charge on any atom is -0.436 e. The Labute approximate surface area is 141 Å². The van der Waals surface area contributed by atoms with Crippen molar-refractivity contribution in [3.8, 4) is 11.5 Å². The lowest BCUT2D eigenvalue weighted by molar-refractivity contribution is -0.697. The average Bonchev–Trinajstić information content (AvgIpc) is 2.91. The summed E-state index contributed by atoms with van der Waals surface area (Å²) >= 11 is 3.49. The quantitative estimate of drug-likeness (QED) is 0.389. The molecule has 23 heavy (non-hydrogen) atoms. The standard InChI is InChI=1S/C16H15BrN3O3/c1-3-4-19-8-11(6-12(17)9-19)16-18-14-7-13(20(21)22)5-10(2)15(14)23-16/h5-9H,3-4H2,1-2H3/q+1. The van der Waals surface area contributed by atoms with Crippen LogP contribution in [-0.4, -0.2) is 9.91 Å². The van der Waals surface area contributed by atoms with Crippen LogP contribution in [0.1, 0.15) is 18.9 Å². The van der Waals surface area contributed by atoms with Gasteiger partial charge in [0, 0.05) is 24.1 Å². The van der Waals surface area contributed by atoms with E-state index in [2.05, 4.69) is 32.4 Å². The SMILES string of the molecule is CCC[n+]1cc(Br)cc(-c2nc3cc([N+](=O)[O-])cc(C)c3o2)c1. The lowest BCUT2D eigenvalue weighted by Gasteiger charge is -1.98. The van der Waals surface area contributed by atoms with Crippen LogP contribution in [0.25, 0.3) is 22.6 Å². The third-order valence-electron chi connectivity index (χ3n) is 3.49. The number of hydrogen-bond donors (Lipinski definition) is 0. The Hall–Kier alpha value is -2.28. The maximum absolute atomic E-state index is 11.0. The number of nitro benzene ring substituents is 1. The summed E-state index contributed by atoms with van der Waals surface area (Å²) in [7, 11) is 0. The second-order valence-corrected chi connectivity index (χ2v) is 6.28. The summed E-state index contributed by atoms with van der Waals surface area (Å²) in [5.41, 5.74) is 2.61. The van der Waals surface area contributed by atoms with Gasteiger partial charge in [0.2, 0.25) is 5.89 Å². The van der Waals surface area contributed by atoms with Crippen LogP contribution < -0.4 is 4.57 Å². The molecule has 0 atom stereocenters. The fourth-order valence-corrected chi connectivity index (χ4v) is 3.02. The second-order valence-electron chi connectivity index (χ2n) is 5.37. The van der Waals surface area contributed by atoms with Crippen molar-refractivity contribution in [1.82, 2.24) is 4.98 Å². The number of rotatable bonds is 4. The van der Waals surface area contributed by atoms with Crippen molar-refractivity contribution in [2.24, 2.45) is 0 Å². The van der Waals surface area contributed by atoms with Crippen molar-refractivity contribution >= 4 is 32.7 Å². The van der Waals surface area contributed by atoms with E-state index in [0.29, 0.717) is 22.6 Å². The molecule has 0 saturated heterocycles. The summed E-state index contributed by atoms with van der Waals surface area (Å²) in [6.45, 7) is 4.77. The molecular weight excluding hydrogens is 362 g/mol. The molecule has 0 aliphatic heterocycles. The van der Waals surface area contributed by atoms with Crippen LogP contribution >= 0.6 is 15.9 Å². The average molecular weight is 377 g/mol. The molecule has 2 aromatic heterocycles. The van der Waals surface area contributed by atoms with Crippen LogP contribution in [0.4, 0.5) is 5.69 Å². The first-order chi connectivity index (χ1) is 11.0. The van der Waals surface area contributed by atoms with Gasteiger partial charge in [-0.25, -0.2) is 9.55 Å². The van der Waals surface area contributed by atoms with E-state index in [9.17, 15) is 10.1 Å². The predicted octanol–water partition coefficient (Wildman–Crippen LogP) is 4.17. The van der Waals surface area contributed by atoms with E-state index in [1.54, 1.807) is 6.92 Å². The monoisotopic (exact) mass is 376 g/mol. The van der Waals surface area contributed by atoms with Crippen LogP contribution in [0, 0.1) is 17.0 Å². The number of nitrogens with zero attached hydrogens (tertiary/aromatic N) is 3. The number of nitro groups is 1. The van der Waals surface area contributed by atoms with E-state index < -0.39 is 4.92 Å². The van der Waals surface area contributed by atoms with Crippen molar-refractivity contribution in [2.45, 2.75) is 26.8 Å². The first kappa shape index (κ1) is 15.6. The lowest BCUT2D eigenvalue weighted by Crippen LogP contribution is -2.32. The Bertz CT molecular complexity index is 905. The van der Waals surface area contributed by atoms with Crippen molar-refractivity contribution in [2.75, 3.05) is 0 Å². The van der Waals surface area contributed by atoms with Gasteiger partial charge in [-0.15, -0.1) is 0 Å². The van der Waals surface area contributed by atoms with Crippen molar-refractivity contribution in [3.05, 3.63) is 50.7 Å². The minimum atomic E-state index is -0.422. The largest absolute Gasteiger partial charge is 0.436 e. The minimum absolute atomic E-state index is 0.0186.